The van der Waals surface area contributed by atoms with Gasteiger partial charge >= 0.3 is 0 Å². The summed E-state index contributed by atoms with van der Waals surface area (Å²) in [4.78, 5) is 0. The second-order valence-corrected chi connectivity index (χ2v) is 6.55. The van der Waals surface area contributed by atoms with Gasteiger partial charge in [0.1, 0.15) is 0 Å². The molecule has 0 saturated carbocycles. The van der Waals surface area contributed by atoms with E-state index in [1.54, 1.807) is 12.1 Å². The summed E-state index contributed by atoms with van der Waals surface area (Å²) in [6.45, 7) is 0. The molecule has 132 valence electrons. The van der Waals surface area contributed by atoms with Crippen molar-refractivity contribution in [3.05, 3.63) is 131 Å². The Morgan fingerprint density at radius 3 is 1.19 bits per heavy atom. The van der Waals surface area contributed by atoms with Gasteiger partial charge in [-0.1, -0.05) is 97.1 Å². The lowest BCUT2D eigenvalue weighted by Gasteiger charge is -2.36. The van der Waals surface area contributed by atoms with E-state index in [-0.39, 0.29) is 11.5 Å². The second kappa shape index (κ2) is 7.00. The Hall–Kier alpha value is -3.52. The molecule has 0 atom stereocenters. The molecule has 2 nitrogen and oxygen atoms in total. The number of rotatable bonds is 4. The molecule has 0 aromatic heterocycles. The van der Waals surface area contributed by atoms with Crippen molar-refractivity contribution in [3.63, 3.8) is 0 Å². The molecule has 27 heavy (non-hydrogen) atoms. The van der Waals surface area contributed by atoms with E-state index >= 15 is 0 Å². The van der Waals surface area contributed by atoms with Crippen LogP contribution < -0.4 is 0 Å². The van der Waals surface area contributed by atoms with Gasteiger partial charge in [-0.3, -0.25) is 0 Å². The van der Waals surface area contributed by atoms with Crippen LogP contribution in [0.5, 0.6) is 11.5 Å². The van der Waals surface area contributed by atoms with Crippen LogP contribution in [-0.4, -0.2) is 10.2 Å². The molecule has 0 aliphatic carbocycles. The molecule has 0 aliphatic heterocycles. The average Bonchev–Trinajstić information content (AvgIpc) is 2.74. The summed E-state index contributed by atoms with van der Waals surface area (Å²) in [5.41, 5.74) is 3.54. The molecule has 0 bridgehead atoms. The van der Waals surface area contributed by atoms with E-state index in [0.717, 1.165) is 22.3 Å². The Balaban J connectivity index is 2.14. The summed E-state index contributed by atoms with van der Waals surface area (Å²) in [5.74, 6) is -0.249. The SMILES string of the molecule is Oc1ccc(C(c2ccccc2)(c2ccccc2)c2ccccc2)cc1O. The topological polar surface area (TPSA) is 40.5 Å². The van der Waals surface area contributed by atoms with E-state index in [0.29, 0.717) is 0 Å². The maximum Gasteiger partial charge on any atom is 0.157 e. The van der Waals surface area contributed by atoms with Crippen LogP contribution in [0.25, 0.3) is 0 Å². The van der Waals surface area contributed by atoms with Crippen LogP contribution >= 0.6 is 0 Å². The lowest BCUT2D eigenvalue weighted by molar-refractivity contribution is 0.402. The highest BCUT2D eigenvalue weighted by Crippen LogP contribution is 2.46. The second-order valence-electron chi connectivity index (χ2n) is 6.55. The van der Waals surface area contributed by atoms with E-state index in [1.165, 1.54) is 0 Å². The molecule has 4 rings (SSSR count). The van der Waals surface area contributed by atoms with Crippen LogP contribution in [0.1, 0.15) is 22.3 Å². The molecule has 4 aromatic rings. The van der Waals surface area contributed by atoms with Crippen LogP contribution in [0.3, 0.4) is 0 Å². The quantitative estimate of drug-likeness (QED) is 0.377. The highest BCUT2D eigenvalue weighted by Gasteiger charge is 2.38. The first-order chi connectivity index (χ1) is 13.2. The minimum Gasteiger partial charge on any atom is -0.504 e. The molecular weight excluding hydrogens is 332 g/mol. The van der Waals surface area contributed by atoms with Gasteiger partial charge in [0.05, 0.1) is 5.41 Å². The highest BCUT2D eigenvalue weighted by molar-refractivity contribution is 5.61. The van der Waals surface area contributed by atoms with Crippen LogP contribution in [0.15, 0.2) is 109 Å². The monoisotopic (exact) mass is 352 g/mol. The zero-order valence-electron chi connectivity index (χ0n) is 14.8. The number of hydrogen-bond acceptors (Lipinski definition) is 2. The molecular formula is C25H20O2. The number of aromatic hydroxyl groups is 2. The van der Waals surface area contributed by atoms with Gasteiger partial charge in [-0.15, -0.1) is 0 Å². The van der Waals surface area contributed by atoms with Crippen molar-refractivity contribution in [2.24, 2.45) is 0 Å². The fourth-order valence-corrected chi connectivity index (χ4v) is 3.82. The van der Waals surface area contributed by atoms with Crippen LogP contribution in [0.2, 0.25) is 0 Å². The number of benzene rings is 4. The van der Waals surface area contributed by atoms with Crippen LogP contribution in [0, 0.1) is 0 Å². The van der Waals surface area contributed by atoms with Gasteiger partial charge in [-0.25, -0.2) is 0 Å². The lowest BCUT2D eigenvalue weighted by Crippen LogP contribution is -2.30. The van der Waals surface area contributed by atoms with Crippen molar-refractivity contribution >= 4 is 0 Å². The van der Waals surface area contributed by atoms with Gasteiger partial charge in [0.15, 0.2) is 11.5 Å². The number of hydrogen-bond donors (Lipinski definition) is 2. The molecule has 0 saturated heterocycles. The van der Waals surface area contributed by atoms with E-state index < -0.39 is 5.41 Å². The van der Waals surface area contributed by atoms with Gasteiger partial charge in [-0.2, -0.15) is 0 Å². The molecule has 0 fully saturated rings. The first kappa shape index (κ1) is 16.9. The lowest BCUT2D eigenvalue weighted by atomic mass is 9.65. The predicted molar refractivity (Wildman–Crippen MR) is 108 cm³/mol. The fourth-order valence-electron chi connectivity index (χ4n) is 3.82. The van der Waals surface area contributed by atoms with Crippen molar-refractivity contribution in [2.75, 3.05) is 0 Å². The largest absolute Gasteiger partial charge is 0.504 e. The van der Waals surface area contributed by atoms with Crippen molar-refractivity contribution in [1.82, 2.24) is 0 Å². The Bertz CT molecular complexity index is 929. The third-order valence-corrected chi connectivity index (χ3v) is 5.03. The Labute approximate surface area is 159 Å². The zero-order valence-corrected chi connectivity index (χ0v) is 14.8. The van der Waals surface area contributed by atoms with E-state index in [2.05, 4.69) is 36.4 Å². The van der Waals surface area contributed by atoms with E-state index in [1.807, 2.05) is 60.7 Å². The third kappa shape index (κ3) is 2.85. The third-order valence-electron chi connectivity index (χ3n) is 5.03. The summed E-state index contributed by atoms with van der Waals surface area (Å²) < 4.78 is 0. The summed E-state index contributed by atoms with van der Waals surface area (Å²) in [5, 5.41) is 20.1. The summed E-state index contributed by atoms with van der Waals surface area (Å²) >= 11 is 0. The summed E-state index contributed by atoms with van der Waals surface area (Å²) in [6.07, 6.45) is 0. The highest BCUT2D eigenvalue weighted by atomic mass is 16.3. The maximum atomic E-state index is 10.3. The van der Waals surface area contributed by atoms with Gasteiger partial charge in [0, 0.05) is 0 Å². The molecule has 0 spiro atoms. The Kier molecular flexibility index (Phi) is 4.39. The first-order valence-corrected chi connectivity index (χ1v) is 8.92. The minimum absolute atomic E-state index is 0.123. The smallest absolute Gasteiger partial charge is 0.157 e. The molecule has 0 heterocycles. The maximum absolute atomic E-state index is 10.3. The Morgan fingerprint density at radius 2 is 0.815 bits per heavy atom. The number of phenolic OH excluding ortho intramolecular Hbond substituents is 2. The Morgan fingerprint density at radius 1 is 0.407 bits per heavy atom. The van der Waals surface area contributed by atoms with Crippen molar-refractivity contribution < 1.29 is 10.2 Å². The molecule has 2 N–H and O–H groups in total. The molecule has 4 aromatic carbocycles. The van der Waals surface area contributed by atoms with Crippen molar-refractivity contribution in [3.8, 4) is 11.5 Å². The van der Waals surface area contributed by atoms with Gasteiger partial charge in [-0.05, 0) is 34.4 Å². The standard InChI is InChI=1S/C25H20O2/c26-23-17-16-22(18-24(23)27)25(19-10-4-1-5-11-19,20-12-6-2-7-13-20)21-14-8-3-9-15-21/h1-18,26-27H. The number of phenols is 2. The average molecular weight is 352 g/mol. The molecule has 0 aliphatic rings. The van der Waals surface area contributed by atoms with E-state index in [9.17, 15) is 10.2 Å². The zero-order chi connectivity index (χ0) is 18.7. The predicted octanol–water partition coefficient (Wildman–Crippen LogP) is 5.48. The van der Waals surface area contributed by atoms with Gasteiger partial charge in [0.25, 0.3) is 0 Å². The molecule has 0 amide bonds. The molecule has 0 unspecified atom stereocenters. The minimum atomic E-state index is -0.616. The van der Waals surface area contributed by atoms with Crippen molar-refractivity contribution in [2.45, 2.75) is 5.41 Å². The fraction of sp³-hybridized carbons (Fsp3) is 0.0400. The normalized spacial score (nSPS) is 11.3. The molecule has 0 radical (unpaired) electrons. The van der Waals surface area contributed by atoms with E-state index in [4.69, 9.17) is 0 Å². The van der Waals surface area contributed by atoms with Crippen LogP contribution in [-0.2, 0) is 5.41 Å². The molecule has 2 heteroatoms. The van der Waals surface area contributed by atoms with Gasteiger partial charge in [0.2, 0.25) is 0 Å². The van der Waals surface area contributed by atoms with Crippen LogP contribution in [0.4, 0.5) is 0 Å². The summed E-state index contributed by atoms with van der Waals surface area (Å²) in [7, 11) is 0. The first-order valence-electron chi connectivity index (χ1n) is 8.92. The van der Waals surface area contributed by atoms with Gasteiger partial charge < -0.3 is 10.2 Å². The van der Waals surface area contributed by atoms with Crippen molar-refractivity contribution in [1.29, 1.82) is 0 Å². The summed E-state index contributed by atoms with van der Waals surface area (Å²) in [6, 6.07) is 35.8.